The quantitative estimate of drug-likeness (QED) is 0.371. The summed E-state index contributed by atoms with van der Waals surface area (Å²) in [4.78, 5) is 9.51. The molecule has 2 heteroatoms. The van der Waals surface area contributed by atoms with Crippen molar-refractivity contribution < 1.29 is 9.90 Å². The van der Waals surface area contributed by atoms with Crippen LogP contribution in [0.2, 0.25) is 0 Å². The Morgan fingerprint density at radius 2 is 1.11 bits per heavy atom. The summed E-state index contributed by atoms with van der Waals surface area (Å²) in [5.74, 6) is -0.891. The van der Waals surface area contributed by atoms with Crippen LogP contribution in [0, 0.1) is 0 Å². The molecule has 0 amide bonds. The standard InChI is InChI=1S/C13H28.C4H6O2/c1-3-5-7-9-11-13-12-10-8-6-4-2;1-2-3-4(5)6/h3-13H2,1-2H3;2-3H,1H3,(H,5,6). The van der Waals surface area contributed by atoms with Crippen LogP contribution in [-0.2, 0) is 4.79 Å². The fraction of sp³-hybridized carbons (Fsp3) is 0.824. The SMILES string of the molecule is CC=CC(=O)O.CCCCCCCCCCCCC. The van der Waals surface area contributed by atoms with Gasteiger partial charge in [0, 0.05) is 6.08 Å². The topological polar surface area (TPSA) is 37.3 Å². The van der Waals surface area contributed by atoms with E-state index in [0.717, 1.165) is 6.08 Å². The van der Waals surface area contributed by atoms with Crippen LogP contribution in [0.25, 0.3) is 0 Å². The van der Waals surface area contributed by atoms with Crippen LogP contribution in [0.4, 0.5) is 0 Å². The largest absolute Gasteiger partial charge is 0.478 e. The molecule has 0 bridgehead atoms. The molecule has 0 aliphatic heterocycles. The molecule has 2 nitrogen and oxygen atoms in total. The van der Waals surface area contributed by atoms with E-state index in [1.165, 1.54) is 76.7 Å². The van der Waals surface area contributed by atoms with Gasteiger partial charge in [-0.15, -0.1) is 0 Å². The molecule has 0 fully saturated rings. The van der Waals surface area contributed by atoms with E-state index >= 15 is 0 Å². The van der Waals surface area contributed by atoms with Gasteiger partial charge in [0.15, 0.2) is 0 Å². The van der Waals surface area contributed by atoms with Crippen LogP contribution in [-0.4, -0.2) is 11.1 Å². The molecule has 19 heavy (non-hydrogen) atoms. The molecule has 0 aromatic rings. The zero-order chi connectivity index (χ0) is 14.8. The lowest BCUT2D eigenvalue weighted by molar-refractivity contribution is -0.131. The number of carbonyl (C=O) groups is 1. The van der Waals surface area contributed by atoms with E-state index in [1.807, 2.05) is 0 Å². The molecule has 0 aliphatic rings. The van der Waals surface area contributed by atoms with Crippen molar-refractivity contribution in [1.29, 1.82) is 0 Å². The molecule has 0 saturated carbocycles. The fourth-order valence-electron chi connectivity index (χ4n) is 1.88. The van der Waals surface area contributed by atoms with Crippen LogP contribution in [0.5, 0.6) is 0 Å². The van der Waals surface area contributed by atoms with E-state index in [-0.39, 0.29) is 0 Å². The van der Waals surface area contributed by atoms with Crippen molar-refractivity contribution in [3.8, 4) is 0 Å². The molecular formula is C17H34O2. The molecule has 0 rings (SSSR count). The van der Waals surface area contributed by atoms with Crippen molar-refractivity contribution in [2.75, 3.05) is 0 Å². The molecule has 0 radical (unpaired) electrons. The minimum Gasteiger partial charge on any atom is -0.478 e. The monoisotopic (exact) mass is 270 g/mol. The van der Waals surface area contributed by atoms with Crippen LogP contribution in [0.15, 0.2) is 12.2 Å². The van der Waals surface area contributed by atoms with Crippen LogP contribution >= 0.6 is 0 Å². The molecule has 0 aromatic carbocycles. The van der Waals surface area contributed by atoms with E-state index in [1.54, 1.807) is 6.92 Å². The zero-order valence-corrected chi connectivity index (χ0v) is 13.3. The Morgan fingerprint density at radius 1 is 0.789 bits per heavy atom. The molecule has 0 heterocycles. The highest BCUT2D eigenvalue weighted by atomic mass is 16.4. The Balaban J connectivity index is 0. The second kappa shape index (κ2) is 19.5. The first-order chi connectivity index (χ1) is 9.18. The summed E-state index contributed by atoms with van der Waals surface area (Å²) >= 11 is 0. The van der Waals surface area contributed by atoms with Crippen LogP contribution in [0.1, 0.15) is 91.4 Å². The van der Waals surface area contributed by atoms with Gasteiger partial charge in [-0.05, 0) is 6.92 Å². The summed E-state index contributed by atoms with van der Waals surface area (Å²) in [5, 5.41) is 7.83. The van der Waals surface area contributed by atoms with Gasteiger partial charge in [0.25, 0.3) is 0 Å². The molecule has 0 saturated heterocycles. The zero-order valence-electron chi connectivity index (χ0n) is 13.3. The number of carboxylic acids is 1. The lowest BCUT2D eigenvalue weighted by Gasteiger charge is -2.00. The van der Waals surface area contributed by atoms with Crippen LogP contribution in [0.3, 0.4) is 0 Å². The molecular weight excluding hydrogens is 236 g/mol. The Bertz CT molecular complexity index is 187. The number of unbranched alkanes of at least 4 members (excludes halogenated alkanes) is 10. The van der Waals surface area contributed by atoms with Gasteiger partial charge in [-0.3, -0.25) is 0 Å². The molecule has 0 unspecified atom stereocenters. The highest BCUT2D eigenvalue weighted by Crippen LogP contribution is 2.10. The number of carboxylic acid groups (broad SMARTS) is 1. The Morgan fingerprint density at radius 3 is 1.26 bits per heavy atom. The lowest BCUT2D eigenvalue weighted by atomic mass is 10.1. The molecule has 0 aliphatic carbocycles. The predicted molar refractivity (Wildman–Crippen MR) is 84.6 cm³/mol. The Labute approximate surface area is 120 Å². The molecule has 0 aromatic heterocycles. The van der Waals surface area contributed by atoms with E-state index in [0.29, 0.717) is 0 Å². The fourth-order valence-corrected chi connectivity index (χ4v) is 1.88. The van der Waals surface area contributed by atoms with Gasteiger partial charge in [-0.25, -0.2) is 4.79 Å². The minimum atomic E-state index is -0.891. The smallest absolute Gasteiger partial charge is 0.327 e. The predicted octanol–water partition coefficient (Wildman–Crippen LogP) is 5.96. The third-order valence-corrected chi connectivity index (χ3v) is 3.02. The number of allylic oxidation sites excluding steroid dienone is 1. The number of aliphatic carboxylic acids is 1. The number of rotatable bonds is 11. The van der Waals surface area contributed by atoms with E-state index in [2.05, 4.69) is 13.8 Å². The van der Waals surface area contributed by atoms with Gasteiger partial charge in [0.1, 0.15) is 0 Å². The van der Waals surface area contributed by atoms with Crippen molar-refractivity contribution in [3.63, 3.8) is 0 Å². The Kier molecular flexibility index (Phi) is 21.1. The first kappa shape index (κ1) is 20.5. The van der Waals surface area contributed by atoms with Gasteiger partial charge in [0.2, 0.25) is 0 Å². The van der Waals surface area contributed by atoms with Crippen LogP contribution < -0.4 is 0 Å². The maximum absolute atomic E-state index is 9.51. The van der Waals surface area contributed by atoms with Crippen molar-refractivity contribution in [2.24, 2.45) is 0 Å². The van der Waals surface area contributed by atoms with Crippen molar-refractivity contribution in [2.45, 2.75) is 91.4 Å². The lowest BCUT2D eigenvalue weighted by Crippen LogP contribution is -1.83. The maximum atomic E-state index is 9.51. The first-order valence-corrected chi connectivity index (χ1v) is 8.04. The summed E-state index contributed by atoms with van der Waals surface area (Å²) < 4.78 is 0. The average Bonchev–Trinajstić information content (AvgIpc) is 2.37. The van der Waals surface area contributed by atoms with E-state index in [4.69, 9.17) is 5.11 Å². The normalized spacial score (nSPS) is 10.3. The van der Waals surface area contributed by atoms with Gasteiger partial charge in [0.05, 0.1) is 0 Å². The second-order valence-electron chi connectivity index (χ2n) is 5.02. The summed E-state index contributed by atoms with van der Waals surface area (Å²) in [6, 6.07) is 0. The highest BCUT2D eigenvalue weighted by molar-refractivity contribution is 5.79. The summed E-state index contributed by atoms with van der Waals surface area (Å²) in [6.07, 6.45) is 18.5. The summed E-state index contributed by atoms with van der Waals surface area (Å²) in [5.41, 5.74) is 0. The first-order valence-electron chi connectivity index (χ1n) is 8.04. The van der Waals surface area contributed by atoms with Gasteiger partial charge < -0.3 is 5.11 Å². The summed E-state index contributed by atoms with van der Waals surface area (Å²) in [6.45, 7) is 6.23. The number of hydrogen-bond donors (Lipinski definition) is 1. The van der Waals surface area contributed by atoms with Crippen molar-refractivity contribution in [1.82, 2.24) is 0 Å². The molecule has 0 spiro atoms. The van der Waals surface area contributed by atoms with E-state index in [9.17, 15) is 4.79 Å². The highest BCUT2D eigenvalue weighted by Gasteiger charge is 1.90. The van der Waals surface area contributed by atoms with E-state index < -0.39 is 5.97 Å². The minimum absolute atomic E-state index is 0.891. The Hall–Kier alpha value is -0.790. The van der Waals surface area contributed by atoms with Crippen molar-refractivity contribution >= 4 is 5.97 Å². The maximum Gasteiger partial charge on any atom is 0.327 e. The third-order valence-electron chi connectivity index (χ3n) is 3.02. The van der Waals surface area contributed by atoms with Gasteiger partial charge in [-0.2, -0.15) is 0 Å². The third kappa shape index (κ3) is 26.7. The average molecular weight is 270 g/mol. The number of hydrogen-bond acceptors (Lipinski definition) is 1. The molecule has 0 atom stereocenters. The molecule has 1 N–H and O–H groups in total. The summed E-state index contributed by atoms with van der Waals surface area (Å²) in [7, 11) is 0. The van der Waals surface area contributed by atoms with Crippen molar-refractivity contribution in [3.05, 3.63) is 12.2 Å². The van der Waals surface area contributed by atoms with Gasteiger partial charge in [-0.1, -0.05) is 90.6 Å². The molecule has 114 valence electrons. The second-order valence-corrected chi connectivity index (χ2v) is 5.02. The van der Waals surface area contributed by atoms with Gasteiger partial charge >= 0.3 is 5.97 Å².